The van der Waals surface area contributed by atoms with Crippen LogP contribution in [0.1, 0.15) is 26.7 Å². The molecule has 5 nitrogen and oxygen atoms in total. The molecule has 1 unspecified atom stereocenters. The third-order valence-corrected chi connectivity index (χ3v) is 4.21. The highest BCUT2D eigenvalue weighted by atomic mass is 16.5. The summed E-state index contributed by atoms with van der Waals surface area (Å²) in [6, 6.07) is -0.0729. The highest BCUT2D eigenvalue weighted by Crippen LogP contribution is 2.28. The van der Waals surface area contributed by atoms with E-state index in [9.17, 15) is 4.79 Å². The molecule has 1 amide bonds. The number of amides is 1. The molecule has 0 aromatic heterocycles. The van der Waals surface area contributed by atoms with Crippen molar-refractivity contribution in [2.24, 2.45) is 11.3 Å². The summed E-state index contributed by atoms with van der Waals surface area (Å²) in [5.41, 5.74) is 0.0868. The van der Waals surface area contributed by atoms with Crippen molar-refractivity contribution in [1.29, 1.82) is 0 Å². The predicted octanol–water partition coefficient (Wildman–Crippen LogP) is 0.705. The van der Waals surface area contributed by atoms with E-state index in [-0.39, 0.29) is 17.4 Å². The van der Waals surface area contributed by atoms with Crippen LogP contribution in [0, 0.1) is 11.3 Å². The van der Waals surface area contributed by atoms with Crippen LogP contribution in [-0.2, 0) is 9.53 Å². The minimum atomic E-state index is -0.0729. The predicted molar refractivity (Wildman–Crippen MR) is 81.7 cm³/mol. The molecule has 0 aliphatic carbocycles. The Kier molecular flexibility index (Phi) is 6.92. The Morgan fingerprint density at radius 3 is 2.40 bits per heavy atom. The van der Waals surface area contributed by atoms with E-state index in [0.717, 1.165) is 25.9 Å². The van der Waals surface area contributed by atoms with E-state index < -0.39 is 0 Å². The summed E-state index contributed by atoms with van der Waals surface area (Å²) < 4.78 is 5.38. The van der Waals surface area contributed by atoms with E-state index in [2.05, 4.69) is 24.5 Å². The van der Waals surface area contributed by atoms with Crippen LogP contribution in [0.2, 0.25) is 0 Å². The average molecular weight is 285 g/mol. The number of piperidine rings is 1. The Hall–Kier alpha value is -0.650. The maximum Gasteiger partial charge on any atom is 0.237 e. The van der Waals surface area contributed by atoms with Gasteiger partial charge in [-0.15, -0.1) is 0 Å². The number of likely N-dealkylation sites (N-methyl/N-ethyl adjacent to an activating group) is 1. The van der Waals surface area contributed by atoms with Crippen molar-refractivity contribution in [3.8, 4) is 0 Å². The fourth-order valence-electron chi connectivity index (χ4n) is 3.15. The van der Waals surface area contributed by atoms with Crippen LogP contribution in [0.4, 0.5) is 0 Å². The van der Waals surface area contributed by atoms with E-state index >= 15 is 0 Å². The summed E-state index contributed by atoms with van der Waals surface area (Å²) in [5, 5.41) is 6.52. The molecule has 1 saturated heterocycles. The first-order chi connectivity index (χ1) is 9.42. The summed E-state index contributed by atoms with van der Waals surface area (Å²) >= 11 is 0. The lowest BCUT2D eigenvalue weighted by Gasteiger charge is -2.38. The van der Waals surface area contributed by atoms with E-state index in [1.165, 1.54) is 0 Å². The first-order valence-corrected chi connectivity index (χ1v) is 7.56. The van der Waals surface area contributed by atoms with Gasteiger partial charge in [-0.05, 0) is 45.9 Å². The first-order valence-electron chi connectivity index (χ1n) is 7.56. The lowest BCUT2D eigenvalue weighted by Crippen LogP contribution is -2.52. The van der Waals surface area contributed by atoms with Gasteiger partial charge in [0, 0.05) is 19.1 Å². The Balaban J connectivity index is 2.60. The highest BCUT2D eigenvalue weighted by Gasteiger charge is 2.34. The molecule has 1 atom stereocenters. The van der Waals surface area contributed by atoms with E-state index in [0.29, 0.717) is 19.1 Å². The largest absolute Gasteiger partial charge is 0.384 e. The van der Waals surface area contributed by atoms with Crippen LogP contribution in [0.5, 0.6) is 0 Å². The maximum absolute atomic E-state index is 12.4. The van der Waals surface area contributed by atoms with Gasteiger partial charge >= 0.3 is 0 Å². The summed E-state index contributed by atoms with van der Waals surface area (Å²) in [7, 11) is 5.65. The van der Waals surface area contributed by atoms with Crippen molar-refractivity contribution in [1.82, 2.24) is 15.5 Å². The Bertz CT molecular complexity index is 286. The smallest absolute Gasteiger partial charge is 0.237 e. The lowest BCUT2D eigenvalue weighted by molar-refractivity contribution is -0.127. The number of nitrogens with one attached hydrogen (secondary N) is 2. The molecular weight excluding hydrogens is 254 g/mol. The molecule has 1 aliphatic heterocycles. The Labute approximate surface area is 123 Å². The normalized spacial score (nSPS) is 20.1. The van der Waals surface area contributed by atoms with Crippen LogP contribution in [0.3, 0.4) is 0 Å². The van der Waals surface area contributed by atoms with Gasteiger partial charge in [0.15, 0.2) is 0 Å². The number of rotatable bonds is 7. The Morgan fingerprint density at radius 2 is 1.95 bits per heavy atom. The Morgan fingerprint density at radius 1 is 1.35 bits per heavy atom. The minimum absolute atomic E-state index is 0.0729. The molecule has 1 fully saturated rings. The molecule has 20 heavy (non-hydrogen) atoms. The molecule has 0 aromatic carbocycles. The number of methoxy groups -OCH3 is 1. The summed E-state index contributed by atoms with van der Waals surface area (Å²) in [6.07, 6.45) is 2.10. The zero-order valence-electron chi connectivity index (χ0n) is 13.7. The molecule has 5 heteroatoms. The molecule has 1 rings (SSSR count). The second kappa shape index (κ2) is 7.96. The van der Waals surface area contributed by atoms with Crippen LogP contribution in [-0.4, -0.2) is 64.3 Å². The first kappa shape index (κ1) is 17.4. The van der Waals surface area contributed by atoms with Crippen LogP contribution in [0.15, 0.2) is 0 Å². The quantitative estimate of drug-likeness (QED) is 0.723. The molecular formula is C15H31N3O2. The number of hydrogen-bond acceptors (Lipinski definition) is 4. The monoisotopic (exact) mass is 285 g/mol. The van der Waals surface area contributed by atoms with Gasteiger partial charge < -0.3 is 15.4 Å². The van der Waals surface area contributed by atoms with Crippen molar-refractivity contribution in [2.75, 3.05) is 47.4 Å². The third-order valence-electron chi connectivity index (χ3n) is 4.21. The molecule has 0 aromatic rings. The van der Waals surface area contributed by atoms with Gasteiger partial charge in [0.25, 0.3) is 0 Å². The average Bonchev–Trinajstić information content (AvgIpc) is 2.37. The second-order valence-electron chi connectivity index (χ2n) is 6.55. The summed E-state index contributed by atoms with van der Waals surface area (Å²) in [4.78, 5) is 14.4. The molecule has 0 radical (unpaired) electrons. The van der Waals surface area contributed by atoms with Crippen LogP contribution >= 0.6 is 0 Å². The topological polar surface area (TPSA) is 53.6 Å². The van der Waals surface area contributed by atoms with Crippen molar-refractivity contribution >= 4 is 5.91 Å². The van der Waals surface area contributed by atoms with E-state index in [4.69, 9.17) is 4.74 Å². The van der Waals surface area contributed by atoms with Gasteiger partial charge in [-0.1, -0.05) is 13.8 Å². The zero-order valence-corrected chi connectivity index (χ0v) is 13.7. The molecule has 0 spiro atoms. The fourth-order valence-corrected chi connectivity index (χ4v) is 3.15. The van der Waals surface area contributed by atoms with Crippen LogP contribution in [0.25, 0.3) is 0 Å². The van der Waals surface area contributed by atoms with Gasteiger partial charge in [0.1, 0.15) is 0 Å². The molecule has 0 saturated carbocycles. The SMILES string of the molecule is COCC1(CNC(=O)C(C(C)C)N(C)C)CCNCC1. The molecule has 0 bridgehead atoms. The number of carbonyl (C=O) groups excluding carboxylic acids is 1. The molecule has 2 N–H and O–H groups in total. The second-order valence-corrected chi connectivity index (χ2v) is 6.55. The van der Waals surface area contributed by atoms with Crippen molar-refractivity contribution in [3.63, 3.8) is 0 Å². The van der Waals surface area contributed by atoms with Gasteiger partial charge in [-0.3, -0.25) is 9.69 Å². The van der Waals surface area contributed by atoms with Crippen molar-refractivity contribution < 1.29 is 9.53 Å². The van der Waals surface area contributed by atoms with Gasteiger partial charge in [-0.2, -0.15) is 0 Å². The van der Waals surface area contributed by atoms with Gasteiger partial charge in [0.2, 0.25) is 5.91 Å². The molecule has 1 aliphatic rings. The standard InChI is InChI=1S/C15H31N3O2/c1-12(2)13(18(3)4)14(19)17-10-15(11-20-5)6-8-16-9-7-15/h12-13,16H,6-11H2,1-5H3,(H,17,19). The molecule has 118 valence electrons. The van der Waals surface area contributed by atoms with E-state index in [1.807, 2.05) is 19.0 Å². The third kappa shape index (κ3) is 4.72. The maximum atomic E-state index is 12.4. The van der Waals surface area contributed by atoms with Gasteiger partial charge in [-0.25, -0.2) is 0 Å². The van der Waals surface area contributed by atoms with Crippen LogP contribution < -0.4 is 10.6 Å². The van der Waals surface area contributed by atoms with Gasteiger partial charge in [0.05, 0.1) is 12.6 Å². The van der Waals surface area contributed by atoms with E-state index in [1.54, 1.807) is 7.11 Å². The number of nitrogens with zero attached hydrogens (tertiary/aromatic N) is 1. The fraction of sp³-hybridized carbons (Fsp3) is 0.933. The summed E-state index contributed by atoms with van der Waals surface area (Å²) in [6.45, 7) is 7.59. The number of ether oxygens (including phenoxy) is 1. The summed E-state index contributed by atoms with van der Waals surface area (Å²) in [5.74, 6) is 0.426. The zero-order chi connectivity index (χ0) is 15.2. The highest BCUT2D eigenvalue weighted by molar-refractivity contribution is 5.82. The lowest BCUT2D eigenvalue weighted by atomic mass is 9.79. The molecule has 1 heterocycles. The number of hydrogen-bond donors (Lipinski definition) is 2. The van der Waals surface area contributed by atoms with Crippen molar-refractivity contribution in [3.05, 3.63) is 0 Å². The number of carbonyl (C=O) groups is 1. The van der Waals surface area contributed by atoms with Crippen molar-refractivity contribution in [2.45, 2.75) is 32.7 Å². The minimum Gasteiger partial charge on any atom is -0.384 e.